The van der Waals surface area contributed by atoms with E-state index in [1.165, 1.54) is 0 Å². The van der Waals surface area contributed by atoms with Crippen molar-refractivity contribution in [1.29, 1.82) is 0 Å². The van der Waals surface area contributed by atoms with E-state index in [1.54, 1.807) is 18.2 Å². The lowest BCUT2D eigenvalue weighted by Gasteiger charge is -2.07. The highest BCUT2D eigenvalue weighted by Gasteiger charge is 2.13. The Bertz CT molecular complexity index is 756. The lowest BCUT2D eigenvalue weighted by molar-refractivity contribution is -0.137. The number of fused-ring (bicyclic) bond motifs is 1. The van der Waals surface area contributed by atoms with Crippen molar-refractivity contribution in [3.63, 3.8) is 0 Å². The van der Waals surface area contributed by atoms with Gasteiger partial charge in [0.1, 0.15) is 0 Å². The first kappa shape index (κ1) is 16.5. The standard InChI is InChI=1S/C16H19NO4S/c18-16(19)8-2-1-5-11-17-22(20,21)15-10-9-13-6-3-4-7-14(13)12-15/h3-4,6-7,9-10,12,17H,1-2,5,8,11H2,(H,18,19). The summed E-state index contributed by atoms with van der Waals surface area (Å²) >= 11 is 0. The zero-order valence-electron chi connectivity index (χ0n) is 12.2. The lowest BCUT2D eigenvalue weighted by Crippen LogP contribution is -2.24. The minimum absolute atomic E-state index is 0.122. The molecule has 118 valence electrons. The van der Waals surface area contributed by atoms with Gasteiger partial charge in [0.2, 0.25) is 10.0 Å². The van der Waals surface area contributed by atoms with Gasteiger partial charge in [0.15, 0.2) is 0 Å². The van der Waals surface area contributed by atoms with E-state index in [9.17, 15) is 13.2 Å². The Morgan fingerprint density at radius 2 is 1.73 bits per heavy atom. The van der Waals surface area contributed by atoms with Crippen LogP contribution in [0.4, 0.5) is 0 Å². The zero-order chi connectivity index (χ0) is 16.0. The normalized spacial score (nSPS) is 11.6. The van der Waals surface area contributed by atoms with E-state index in [0.29, 0.717) is 25.8 Å². The molecule has 5 nitrogen and oxygen atoms in total. The van der Waals surface area contributed by atoms with Gasteiger partial charge in [-0.3, -0.25) is 4.79 Å². The van der Waals surface area contributed by atoms with Crippen LogP contribution in [0.1, 0.15) is 25.7 Å². The first-order chi connectivity index (χ1) is 10.5. The average Bonchev–Trinajstić information content (AvgIpc) is 2.50. The molecule has 0 saturated carbocycles. The molecule has 0 saturated heterocycles. The minimum Gasteiger partial charge on any atom is -0.481 e. The smallest absolute Gasteiger partial charge is 0.303 e. The minimum atomic E-state index is -3.52. The fourth-order valence-corrected chi connectivity index (χ4v) is 3.31. The van der Waals surface area contributed by atoms with Crippen molar-refractivity contribution in [2.45, 2.75) is 30.6 Å². The van der Waals surface area contributed by atoms with Gasteiger partial charge in [0.25, 0.3) is 0 Å². The van der Waals surface area contributed by atoms with Crippen molar-refractivity contribution in [3.8, 4) is 0 Å². The van der Waals surface area contributed by atoms with Crippen LogP contribution < -0.4 is 4.72 Å². The van der Waals surface area contributed by atoms with Gasteiger partial charge < -0.3 is 5.11 Å². The molecule has 0 spiro atoms. The molecule has 6 heteroatoms. The molecule has 2 rings (SSSR count). The number of hydrogen-bond donors (Lipinski definition) is 2. The molecule has 0 aliphatic carbocycles. The summed E-state index contributed by atoms with van der Waals surface area (Å²) in [7, 11) is -3.52. The van der Waals surface area contributed by atoms with E-state index in [1.807, 2.05) is 24.3 Å². The number of carboxylic acid groups (broad SMARTS) is 1. The third-order valence-corrected chi connectivity index (χ3v) is 4.85. The van der Waals surface area contributed by atoms with Crippen LogP contribution in [0.25, 0.3) is 10.8 Å². The zero-order valence-corrected chi connectivity index (χ0v) is 13.0. The quantitative estimate of drug-likeness (QED) is 0.732. The van der Waals surface area contributed by atoms with E-state index in [0.717, 1.165) is 10.8 Å². The first-order valence-corrected chi connectivity index (χ1v) is 8.67. The summed E-state index contributed by atoms with van der Waals surface area (Å²) in [6.07, 6.45) is 2.00. The Kier molecular flexibility index (Phi) is 5.51. The van der Waals surface area contributed by atoms with Gasteiger partial charge in [-0.25, -0.2) is 13.1 Å². The fraction of sp³-hybridized carbons (Fsp3) is 0.312. The maximum absolute atomic E-state index is 12.2. The van der Waals surface area contributed by atoms with Crippen LogP contribution in [0.5, 0.6) is 0 Å². The number of unbranched alkanes of at least 4 members (excludes halogenated alkanes) is 2. The molecule has 0 aliphatic heterocycles. The second-order valence-electron chi connectivity index (χ2n) is 5.11. The average molecular weight is 321 g/mol. The van der Waals surface area contributed by atoms with Gasteiger partial charge in [-0.2, -0.15) is 0 Å². The number of nitrogens with one attached hydrogen (secondary N) is 1. The molecule has 0 unspecified atom stereocenters. The van der Waals surface area contributed by atoms with Crippen molar-refractivity contribution >= 4 is 26.8 Å². The summed E-state index contributed by atoms with van der Waals surface area (Å²) in [5, 5.41) is 10.4. The molecule has 0 fully saturated rings. The van der Waals surface area contributed by atoms with Crippen molar-refractivity contribution < 1.29 is 18.3 Å². The van der Waals surface area contributed by atoms with E-state index in [-0.39, 0.29) is 11.3 Å². The Morgan fingerprint density at radius 3 is 2.45 bits per heavy atom. The highest BCUT2D eigenvalue weighted by atomic mass is 32.2. The van der Waals surface area contributed by atoms with Crippen LogP contribution in [0.15, 0.2) is 47.4 Å². The van der Waals surface area contributed by atoms with Gasteiger partial charge in [0.05, 0.1) is 4.90 Å². The Labute approximate surface area is 130 Å². The SMILES string of the molecule is O=C(O)CCCCCNS(=O)(=O)c1ccc2ccccc2c1. The second kappa shape index (κ2) is 7.38. The highest BCUT2D eigenvalue weighted by molar-refractivity contribution is 7.89. The molecule has 0 radical (unpaired) electrons. The van der Waals surface area contributed by atoms with Crippen LogP contribution in [0, 0.1) is 0 Å². The van der Waals surface area contributed by atoms with Crippen LogP contribution in [-0.4, -0.2) is 26.0 Å². The second-order valence-corrected chi connectivity index (χ2v) is 6.88. The summed E-state index contributed by atoms with van der Waals surface area (Å²) in [5.41, 5.74) is 0. The number of rotatable bonds is 8. The van der Waals surface area contributed by atoms with Crippen LogP contribution in [0.2, 0.25) is 0 Å². The van der Waals surface area contributed by atoms with E-state index < -0.39 is 16.0 Å². The van der Waals surface area contributed by atoms with Gasteiger partial charge >= 0.3 is 5.97 Å². The third kappa shape index (κ3) is 4.54. The van der Waals surface area contributed by atoms with Gasteiger partial charge in [-0.15, -0.1) is 0 Å². The molecule has 2 N–H and O–H groups in total. The number of aliphatic carboxylic acids is 1. The summed E-state index contributed by atoms with van der Waals surface area (Å²) in [5.74, 6) is -0.822. The van der Waals surface area contributed by atoms with Crippen molar-refractivity contribution in [2.75, 3.05) is 6.54 Å². The molecule has 0 aliphatic rings. The summed E-state index contributed by atoms with van der Waals surface area (Å²) < 4.78 is 27.0. The first-order valence-electron chi connectivity index (χ1n) is 7.19. The molecule has 0 aromatic heterocycles. The van der Waals surface area contributed by atoms with Crippen molar-refractivity contribution in [3.05, 3.63) is 42.5 Å². The van der Waals surface area contributed by atoms with E-state index in [2.05, 4.69) is 4.72 Å². The Morgan fingerprint density at radius 1 is 1.00 bits per heavy atom. The Hall–Kier alpha value is -1.92. The number of hydrogen-bond acceptors (Lipinski definition) is 3. The number of carboxylic acids is 1. The summed E-state index contributed by atoms with van der Waals surface area (Å²) in [6, 6.07) is 12.6. The third-order valence-electron chi connectivity index (χ3n) is 3.39. The molecule has 22 heavy (non-hydrogen) atoms. The molecule has 0 amide bonds. The maximum atomic E-state index is 12.2. The summed E-state index contributed by atoms with van der Waals surface area (Å²) in [4.78, 5) is 10.6. The maximum Gasteiger partial charge on any atom is 0.303 e. The van der Waals surface area contributed by atoms with Crippen molar-refractivity contribution in [2.24, 2.45) is 0 Å². The number of sulfonamides is 1. The van der Waals surface area contributed by atoms with Crippen LogP contribution in [0.3, 0.4) is 0 Å². The fourth-order valence-electron chi connectivity index (χ4n) is 2.20. The number of benzene rings is 2. The van der Waals surface area contributed by atoms with Crippen molar-refractivity contribution in [1.82, 2.24) is 4.72 Å². The molecule has 2 aromatic rings. The largest absolute Gasteiger partial charge is 0.481 e. The van der Waals surface area contributed by atoms with Gasteiger partial charge in [-0.05, 0) is 35.7 Å². The van der Waals surface area contributed by atoms with Gasteiger partial charge in [-0.1, -0.05) is 36.8 Å². The number of carbonyl (C=O) groups is 1. The van der Waals surface area contributed by atoms with Gasteiger partial charge in [0, 0.05) is 13.0 Å². The topological polar surface area (TPSA) is 83.5 Å². The molecule has 0 heterocycles. The molecule has 0 atom stereocenters. The molecular formula is C16H19NO4S. The van der Waals surface area contributed by atoms with E-state index >= 15 is 0 Å². The lowest BCUT2D eigenvalue weighted by atomic mass is 10.1. The van der Waals surface area contributed by atoms with Crippen LogP contribution >= 0.6 is 0 Å². The summed E-state index contributed by atoms with van der Waals surface area (Å²) in [6.45, 7) is 0.314. The predicted molar refractivity (Wildman–Crippen MR) is 85.2 cm³/mol. The highest BCUT2D eigenvalue weighted by Crippen LogP contribution is 2.18. The predicted octanol–water partition coefficient (Wildman–Crippen LogP) is 2.76. The monoisotopic (exact) mass is 321 g/mol. The van der Waals surface area contributed by atoms with Crippen LogP contribution in [-0.2, 0) is 14.8 Å². The van der Waals surface area contributed by atoms with E-state index in [4.69, 9.17) is 5.11 Å². The molecule has 0 bridgehead atoms. The Balaban J connectivity index is 1.93. The molecule has 2 aromatic carbocycles. The molecular weight excluding hydrogens is 302 g/mol.